The van der Waals surface area contributed by atoms with Crippen molar-refractivity contribution in [3.05, 3.63) is 50.9 Å². The molecule has 3 aromatic rings. The molecule has 0 bridgehead atoms. The van der Waals surface area contributed by atoms with Gasteiger partial charge in [-0.3, -0.25) is 14.2 Å². The quantitative estimate of drug-likeness (QED) is 0.646. The maximum absolute atomic E-state index is 12.9. The first-order valence-corrected chi connectivity index (χ1v) is 11.3. The average molecular weight is 442 g/mol. The Kier molecular flexibility index (Phi) is 5.15. The van der Waals surface area contributed by atoms with E-state index >= 15 is 0 Å². The van der Waals surface area contributed by atoms with Crippen molar-refractivity contribution in [3.8, 4) is 11.5 Å². The summed E-state index contributed by atoms with van der Waals surface area (Å²) in [7, 11) is 0. The largest absolute Gasteiger partial charge is 0.454 e. The molecule has 1 saturated heterocycles. The number of carbonyl (C=O) groups excluding carboxylic acids is 1. The van der Waals surface area contributed by atoms with Crippen LogP contribution in [0.2, 0.25) is 0 Å². The SMILES string of the molecule is Cc1sc2ncn(CC(=O)N3CC[NH+](Cc4ccc5c(c4)OCO5)CC3)c(=O)c2c1C. The second-order valence-corrected chi connectivity index (χ2v) is 9.34. The van der Waals surface area contributed by atoms with Crippen molar-refractivity contribution in [1.29, 1.82) is 0 Å². The molecule has 1 amide bonds. The van der Waals surface area contributed by atoms with Gasteiger partial charge in [0.2, 0.25) is 12.7 Å². The normalized spacial score (nSPS) is 16.3. The number of ether oxygens (including phenoxy) is 2. The molecule has 0 radical (unpaired) electrons. The second-order valence-electron chi connectivity index (χ2n) is 8.14. The Labute approximate surface area is 183 Å². The lowest BCUT2D eigenvalue weighted by atomic mass is 10.1. The Morgan fingerprint density at radius 1 is 1.19 bits per heavy atom. The number of amides is 1. The number of aryl methyl sites for hydroxylation is 2. The van der Waals surface area contributed by atoms with Gasteiger partial charge in [0.1, 0.15) is 17.9 Å². The molecule has 1 N–H and O–H groups in total. The van der Waals surface area contributed by atoms with Crippen LogP contribution >= 0.6 is 11.3 Å². The molecule has 4 heterocycles. The molecule has 2 aromatic heterocycles. The molecule has 162 valence electrons. The molecule has 0 spiro atoms. The number of carbonyl (C=O) groups is 1. The van der Waals surface area contributed by atoms with E-state index in [9.17, 15) is 9.59 Å². The summed E-state index contributed by atoms with van der Waals surface area (Å²) in [5.41, 5.74) is 2.03. The van der Waals surface area contributed by atoms with Gasteiger partial charge in [-0.25, -0.2) is 4.98 Å². The maximum atomic E-state index is 12.9. The summed E-state index contributed by atoms with van der Waals surface area (Å²) in [5.74, 6) is 1.57. The topological polar surface area (TPSA) is 78.1 Å². The summed E-state index contributed by atoms with van der Waals surface area (Å²) in [4.78, 5) is 35.2. The van der Waals surface area contributed by atoms with Gasteiger partial charge in [-0.1, -0.05) is 0 Å². The van der Waals surface area contributed by atoms with Crippen LogP contribution in [0.5, 0.6) is 11.5 Å². The Hall–Kier alpha value is -2.91. The van der Waals surface area contributed by atoms with Crippen molar-refractivity contribution in [2.45, 2.75) is 26.9 Å². The predicted octanol–water partition coefficient (Wildman–Crippen LogP) is 0.731. The van der Waals surface area contributed by atoms with E-state index in [0.29, 0.717) is 18.5 Å². The molecule has 9 heteroatoms. The zero-order valence-electron chi connectivity index (χ0n) is 17.6. The van der Waals surface area contributed by atoms with Gasteiger partial charge in [-0.2, -0.15) is 0 Å². The number of piperazine rings is 1. The van der Waals surface area contributed by atoms with Crippen molar-refractivity contribution >= 4 is 27.5 Å². The van der Waals surface area contributed by atoms with Crippen LogP contribution in [0.1, 0.15) is 16.0 Å². The summed E-state index contributed by atoms with van der Waals surface area (Å²) in [6.45, 7) is 8.23. The minimum Gasteiger partial charge on any atom is -0.454 e. The number of benzene rings is 1. The maximum Gasteiger partial charge on any atom is 0.262 e. The zero-order valence-corrected chi connectivity index (χ0v) is 18.5. The molecule has 8 nitrogen and oxygen atoms in total. The second kappa shape index (κ2) is 7.97. The van der Waals surface area contributed by atoms with Gasteiger partial charge < -0.3 is 19.3 Å². The smallest absolute Gasteiger partial charge is 0.262 e. The van der Waals surface area contributed by atoms with Crippen LogP contribution in [-0.4, -0.2) is 53.3 Å². The number of aromatic nitrogens is 2. The first kappa shape index (κ1) is 20.0. The number of quaternary nitrogens is 1. The van der Waals surface area contributed by atoms with Gasteiger partial charge >= 0.3 is 0 Å². The summed E-state index contributed by atoms with van der Waals surface area (Å²) in [6, 6.07) is 6.06. The highest BCUT2D eigenvalue weighted by atomic mass is 32.1. The van der Waals surface area contributed by atoms with Gasteiger partial charge in [-0.15, -0.1) is 11.3 Å². The minimum absolute atomic E-state index is 0.0324. The van der Waals surface area contributed by atoms with Gasteiger partial charge in [0, 0.05) is 10.4 Å². The fourth-order valence-corrected chi connectivity index (χ4v) is 5.20. The zero-order chi connectivity index (χ0) is 21.5. The summed E-state index contributed by atoms with van der Waals surface area (Å²) < 4.78 is 12.3. The van der Waals surface area contributed by atoms with E-state index in [4.69, 9.17) is 9.47 Å². The first-order chi connectivity index (χ1) is 15.0. The van der Waals surface area contributed by atoms with Crippen molar-refractivity contribution in [1.82, 2.24) is 14.5 Å². The van der Waals surface area contributed by atoms with Crippen LogP contribution in [-0.2, 0) is 17.9 Å². The third kappa shape index (κ3) is 3.79. The Morgan fingerprint density at radius 3 is 2.77 bits per heavy atom. The molecule has 31 heavy (non-hydrogen) atoms. The molecule has 2 aliphatic heterocycles. The molecule has 0 saturated carbocycles. The fraction of sp³-hybridized carbons (Fsp3) is 0.409. The lowest BCUT2D eigenvalue weighted by molar-refractivity contribution is -0.917. The van der Waals surface area contributed by atoms with E-state index in [-0.39, 0.29) is 24.8 Å². The van der Waals surface area contributed by atoms with E-state index in [2.05, 4.69) is 11.1 Å². The lowest BCUT2D eigenvalue weighted by Gasteiger charge is -2.32. The van der Waals surface area contributed by atoms with E-state index < -0.39 is 0 Å². The highest BCUT2D eigenvalue weighted by Crippen LogP contribution is 2.32. The number of nitrogens with one attached hydrogen (secondary N) is 1. The van der Waals surface area contributed by atoms with Gasteiger partial charge in [-0.05, 0) is 37.6 Å². The van der Waals surface area contributed by atoms with Crippen LogP contribution in [0.4, 0.5) is 0 Å². The van der Waals surface area contributed by atoms with E-state index in [1.165, 1.54) is 32.7 Å². The van der Waals surface area contributed by atoms with Crippen LogP contribution in [0.3, 0.4) is 0 Å². The standard InChI is InChI=1S/C22H24N4O4S/c1-14-15(2)31-21-20(14)22(28)26(12-23-21)11-19(27)25-7-5-24(6-8-25)10-16-3-4-17-18(9-16)30-13-29-17/h3-4,9,12H,5-8,10-11,13H2,1-2H3/p+1. The van der Waals surface area contributed by atoms with Crippen LogP contribution in [0.15, 0.2) is 29.3 Å². The molecular weight excluding hydrogens is 416 g/mol. The minimum atomic E-state index is -0.132. The van der Waals surface area contributed by atoms with Crippen molar-refractivity contribution in [3.63, 3.8) is 0 Å². The monoisotopic (exact) mass is 441 g/mol. The Balaban J connectivity index is 1.20. The predicted molar refractivity (Wildman–Crippen MR) is 117 cm³/mol. The van der Waals surface area contributed by atoms with Crippen LogP contribution < -0.4 is 19.9 Å². The fourth-order valence-electron chi connectivity index (χ4n) is 4.22. The van der Waals surface area contributed by atoms with Crippen LogP contribution in [0, 0.1) is 13.8 Å². The molecule has 1 fully saturated rings. The molecule has 5 rings (SSSR count). The summed E-state index contributed by atoms with van der Waals surface area (Å²) in [6.07, 6.45) is 1.50. The number of thiophene rings is 1. The van der Waals surface area contributed by atoms with Gasteiger partial charge in [0.05, 0.1) is 37.9 Å². The van der Waals surface area contributed by atoms with E-state index in [1.54, 1.807) is 0 Å². The van der Waals surface area contributed by atoms with Crippen molar-refractivity contribution in [2.24, 2.45) is 0 Å². The van der Waals surface area contributed by atoms with Crippen molar-refractivity contribution in [2.75, 3.05) is 33.0 Å². The van der Waals surface area contributed by atoms with Crippen molar-refractivity contribution < 1.29 is 19.2 Å². The Morgan fingerprint density at radius 2 is 1.97 bits per heavy atom. The molecule has 0 unspecified atom stereocenters. The Bertz CT molecular complexity index is 1210. The number of hydrogen-bond acceptors (Lipinski definition) is 6. The number of hydrogen-bond donors (Lipinski definition) is 1. The molecular formula is C22H25N4O4S+. The molecule has 1 aromatic carbocycles. The molecule has 2 aliphatic rings. The van der Waals surface area contributed by atoms with E-state index in [1.807, 2.05) is 30.9 Å². The lowest BCUT2D eigenvalue weighted by Crippen LogP contribution is -3.13. The third-order valence-corrected chi connectivity index (χ3v) is 7.29. The van der Waals surface area contributed by atoms with Crippen LogP contribution in [0.25, 0.3) is 10.2 Å². The number of nitrogens with zero attached hydrogens (tertiary/aromatic N) is 3. The first-order valence-electron chi connectivity index (χ1n) is 10.4. The average Bonchev–Trinajstić information content (AvgIpc) is 3.34. The third-order valence-electron chi connectivity index (χ3n) is 6.18. The highest BCUT2D eigenvalue weighted by molar-refractivity contribution is 7.18. The van der Waals surface area contributed by atoms with Gasteiger partial charge in [0.25, 0.3) is 5.56 Å². The molecule has 0 atom stereocenters. The highest BCUT2D eigenvalue weighted by Gasteiger charge is 2.25. The van der Waals surface area contributed by atoms with E-state index in [0.717, 1.165) is 46.4 Å². The summed E-state index contributed by atoms with van der Waals surface area (Å²) in [5, 5.41) is 0.635. The number of rotatable bonds is 4. The number of fused-ring (bicyclic) bond motifs is 2. The molecule has 0 aliphatic carbocycles. The summed E-state index contributed by atoms with van der Waals surface area (Å²) >= 11 is 1.52. The van der Waals surface area contributed by atoms with Gasteiger partial charge in [0.15, 0.2) is 11.5 Å².